The summed E-state index contributed by atoms with van der Waals surface area (Å²) in [7, 11) is 3.00. The van der Waals surface area contributed by atoms with Crippen LogP contribution in [-0.2, 0) is 14.3 Å². The second kappa shape index (κ2) is 11.8. The average Bonchev–Trinajstić information content (AvgIpc) is 3.18. The number of Topliss-reactive ketones (excluding diaryl/α,β-unsaturated/α-hetero) is 1. The minimum atomic E-state index is -0.739. The van der Waals surface area contributed by atoms with Gasteiger partial charge in [0.15, 0.2) is 11.5 Å². The van der Waals surface area contributed by atoms with E-state index in [9.17, 15) is 14.7 Å². The van der Waals surface area contributed by atoms with Crippen molar-refractivity contribution in [3.8, 4) is 11.5 Å². The van der Waals surface area contributed by atoms with Crippen LogP contribution in [0.3, 0.4) is 0 Å². The zero-order chi connectivity index (χ0) is 26.5. The van der Waals surface area contributed by atoms with Crippen molar-refractivity contribution < 1.29 is 33.8 Å². The number of rotatable bonds is 9. The third-order valence-corrected chi connectivity index (χ3v) is 7.22. The molecule has 1 atom stereocenters. The minimum absolute atomic E-state index is 0.0202. The highest BCUT2D eigenvalue weighted by molar-refractivity contribution is 6.46. The van der Waals surface area contributed by atoms with Gasteiger partial charge in [-0.25, -0.2) is 0 Å². The SMILES string of the molecule is COc1ccc(C([O-])=C2C(=O)C(=O)N(CCC[NH+]3CCOCC3)C2c2ccc(C(C)C)cc2)cc1OC. The molecule has 37 heavy (non-hydrogen) atoms. The molecule has 2 heterocycles. The Bertz CT molecular complexity index is 1150. The fourth-order valence-electron chi connectivity index (χ4n) is 5.05. The number of ketones is 1. The third kappa shape index (κ3) is 5.65. The van der Waals surface area contributed by atoms with Crippen LogP contribution in [0, 0.1) is 0 Å². The fraction of sp³-hybridized carbons (Fsp3) is 0.448. The molecule has 8 heteroatoms. The first-order valence-electron chi connectivity index (χ1n) is 12.9. The molecular formula is C29H36N2O6. The van der Waals surface area contributed by atoms with Crippen molar-refractivity contribution in [2.45, 2.75) is 32.2 Å². The number of morpholine rings is 1. The molecule has 0 bridgehead atoms. The van der Waals surface area contributed by atoms with Gasteiger partial charge in [-0.05, 0) is 34.7 Å². The van der Waals surface area contributed by atoms with Gasteiger partial charge in [-0.2, -0.15) is 0 Å². The lowest BCUT2D eigenvalue weighted by Crippen LogP contribution is -3.14. The normalized spacial score (nSPS) is 20.0. The molecule has 1 amide bonds. The Morgan fingerprint density at radius 3 is 2.35 bits per heavy atom. The molecule has 2 aromatic carbocycles. The van der Waals surface area contributed by atoms with E-state index in [1.54, 1.807) is 23.1 Å². The number of ether oxygens (including phenoxy) is 3. The van der Waals surface area contributed by atoms with E-state index in [0.29, 0.717) is 24.0 Å². The molecule has 2 aromatic rings. The summed E-state index contributed by atoms with van der Waals surface area (Å²) in [4.78, 5) is 29.5. The van der Waals surface area contributed by atoms with Crippen LogP contribution in [0.1, 0.15) is 48.9 Å². The van der Waals surface area contributed by atoms with E-state index in [4.69, 9.17) is 14.2 Å². The number of likely N-dealkylation sites (tertiary alicyclic amines) is 1. The number of carbonyl (C=O) groups excluding carboxylic acids is 2. The molecule has 2 aliphatic rings. The molecule has 2 saturated heterocycles. The van der Waals surface area contributed by atoms with Crippen LogP contribution in [0.4, 0.5) is 0 Å². The largest absolute Gasteiger partial charge is 0.872 e. The Hall–Kier alpha value is -3.36. The van der Waals surface area contributed by atoms with E-state index in [0.717, 1.165) is 50.4 Å². The van der Waals surface area contributed by atoms with Crippen LogP contribution in [0.5, 0.6) is 11.5 Å². The first-order valence-corrected chi connectivity index (χ1v) is 12.9. The summed E-state index contributed by atoms with van der Waals surface area (Å²) >= 11 is 0. The van der Waals surface area contributed by atoms with Crippen molar-refractivity contribution >= 4 is 17.4 Å². The number of nitrogens with zero attached hydrogens (tertiary/aromatic N) is 1. The van der Waals surface area contributed by atoms with Crippen molar-refractivity contribution in [3.63, 3.8) is 0 Å². The summed E-state index contributed by atoms with van der Waals surface area (Å²) in [6, 6.07) is 11.9. The quantitative estimate of drug-likeness (QED) is 0.312. The highest BCUT2D eigenvalue weighted by Crippen LogP contribution is 2.40. The molecule has 4 rings (SSSR count). The third-order valence-electron chi connectivity index (χ3n) is 7.22. The molecule has 0 saturated carbocycles. The first kappa shape index (κ1) is 26.7. The maximum atomic E-state index is 13.7. The van der Waals surface area contributed by atoms with Crippen molar-refractivity contribution in [3.05, 3.63) is 64.7 Å². The van der Waals surface area contributed by atoms with Gasteiger partial charge in [0.05, 0.1) is 40.0 Å². The Kier molecular flexibility index (Phi) is 8.51. The van der Waals surface area contributed by atoms with E-state index in [1.165, 1.54) is 19.1 Å². The zero-order valence-electron chi connectivity index (χ0n) is 22.0. The zero-order valence-corrected chi connectivity index (χ0v) is 22.0. The van der Waals surface area contributed by atoms with Gasteiger partial charge >= 0.3 is 0 Å². The lowest BCUT2D eigenvalue weighted by molar-refractivity contribution is -0.908. The lowest BCUT2D eigenvalue weighted by atomic mass is 9.93. The predicted molar refractivity (Wildman–Crippen MR) is 137 cm³/mol. The van der Waals surface area contributed by atoms with Crippen molar-refractivity contribution in [1.29, 1.82) is 0 Å². The van der Waals surface area contributed by atoms with Crippen LogP contribution in [-0.4, -0.2) is 70.2 Å². The van der Waals surface area contributed by atoms with Gasteiger partial charge in [-0.3, -0.25) is 9.59 Å². The number of hydrogen-bond acceptors (Lipinski definition) is 6. The maximum Gasteiger partial charge on any atom is 0.295 e. The van der Waals surface area contributed by atoms with Gasteiger partial charge in [-0.1, -0.05) is 49.9 Å². The van der Waals surface area contributed by atoms with E-state index in [2.05, 4.69) is 13.8 Å². The van der Waals surface area contributed by atoms with Gasteiger partial charge in [0.1, 0.15) is 13.1 Å². The second-order valence-electron chi connectivity index (χ2n) is 9.83. The van der Waals surface area contributed by atoms with E-state index >= 15 is 0 Å². The number of benzene rings is 2. The van der Waals surface area contributed by atoms with Gasteiger partial charge in [-0.15, -0.1) is 0 Å². The molecular weight excluding hydrogens is 472 g/mol. The second-order valence-corrected chi connectivity index (χ2v) is 9.83. The molecule has 1 unspecified atom stereocenters. The van der Waals surface area contributed by atoms with Crippen LogP contribution in [0.15, 0.2) is 48.0 Å². The van der Waals surface area contributed by atoms with E-state index < -0.39 is 23.5 Å². The standard InChI is InChI=1S/C29H36N2O6/c1-19(2)20-6-8-21(9-7-20)26-25(27(32)22-10-11-23(35-3)24(18-22)36-4)28(33)29(34)31(26)13-5-12-30-14-16-37-17-15-30/h6-11,18-19,26,32H,5,12-17H2,1-4H3. The summed E-state index contributed by atoms with van der Waals surface area (Å²) in [5.74, 6) is -0.640. The Morgan fingerprint density at radius 1 is 1.05 bits per heavy atom. The molecule has 0 aromatic heterocycles. The first-order chi connectivity index (χ1) is 17.8. The maximum absolute atomic E-state index is 13.7. The Morgan fingerprint density at radius 2 is 1.73 bits per heavy atom. The van der Waals surface area contributed by atoms with Gasteiger partial charge < -0.3 is 29.1 Å². The molecule has 0 spiro atoms. The van der Waals surface area contributed by atoms with Crippen molar-refractivity contribution in [2.75, 3.05) is 53.6 Å². The monoisotopic (exact) mass is 508 g/mol. The number of nitrogens with one attached hydrogen (secondary N) is 1. The summed E-state index contributed by atoms with van der Waals surface area (Å²) in [5.41, 5.74) is 2.16. The molecule has 8 nitrogen and oxygen atoms in total. The molecule has 0 aliphatic carbocycles. The van der Waals surface area contributed by atoms with Crippen molar-refractivity contribution in [2.24, 2.45) is 0 Å². The smallest absolute Gasteiger partial charge is 0.295 e. The summed E-state index contributed by atoms with van der Waals surface area (Å²) in [6.07, 6.45) is 0.729. The number of hydrogen-bond donors (Lipinski definition) is 1. The van der Waals surface area contributed by atoms with Gasteiger partial charge in [0.2, 0.25) is 5.78 Å². The predicted octanol–water partition coefficient (Wildman–Crippen LogP) is 1.36. The topological polar surface area (TPSA) is 92.6 Å². The Labute approximate surface area is 218 Å². The Balaban J connectivity index is 1.71. The van der Waals surface area contributed by atoms with Crippen LogP contribution in [0.2, 0.25) is 0 Å². The number of quaternary nitrogens is 1. The molecule has 2 fully saturated rings. The number of carbonyl (C=O) groups is 2. The highest BCUT2D eigenvalue weighted by Gasteiger charge is 2.44. The van der Waals surface area contributed by atoms with Crippen molar-refractivity contribution in [1.82, 2.24) is 4.90 Å². The fourth-order valence-corrected chi connectivity index (χ4v) is 5.05. The lowest BCUT2D eigenvalue weighted by Gasteiger charge is -2.29. The molecule has 0 radical (unpaired) electrons. The van der Waals surface area contributed by atoms with Crippen LogP contribution >= 0.6 is 0 Å². The molecule has 2 aliphatic heterocycles. The molecule has 198 valence electrons. The average molecular weight is 509 g/mol. The molecule has 1 N–H and O–H groups in total. The van der Waals surface area contributed by atoms with E-state index in [-0.39, 0.29) is 11.1 Å². The number of methoxy groups -OCH3 is 2. The van der Waals surface area contributed by atoms with Crippen LogP contribution in [0.25, 0.3) is 5.76 Å². The van der Waals surface area contributed by atoms with Gasteiger partial charge in [0.25, 0.3) is 5.91 Å². The summed E-state index contributed by atoms with van der Waals surface area (Å²) < 4.78 is 16.1. The minimum Gasteiger partial charge on any atom is -0.872 e. The highest BCUT2D eigenvalue weighted by atomic mass is 16.5. The summed E-state index contributed by atoms with van der Waals surface area (Å²) in [5, 5.41) is 13.7. The van der Waals surface area contributed by atoms with E-state index in [1.807, 2.05) is 24.3 Å². The summed E-state index contributed by atoms with van der Waals surface area (Å²) in [6.45, 7) is 8.82. The van der Waals surface area contributed by atoms with Crippen LogP contribution < -0.4 is 19.5 Å². The van der Waals surface area contributed by atoms with Gasteiger partial charge in [0, 0.05) is 18.5 Å². The number of amides is 1.